The number of esters is 1. The fourth-order valence-corrected chi connectivity index (χ4v) is 6.34. The van der Waals surface area contributed by atoms with Crippen molar-refractivity contribution in [2.24, 2.45) is 4.99 Å². The summed E-state index contributed by atoms with van der Waals surface area (Å²) >= 11 is 3.06. The van der Waals surface area contributed by atoms with E-state index in [0.717, 1.165) is 54.2 Å². The number of morpholine rings is 1. The standard InChI is InChI=1S/C27H30N4O4S2/c1-19-24(26(33)35-17-20-6-3-2-4-7-20)25(22-8-5-15-36-22)31-21(18-37-27(31)29-19)16-23(32)28-9-10-30-11-13-34-14-12-30/h2-8,15,18,25H,9-14,16-17H2,1H3,(H,28,32). The van der Waals surface area contributed by atoms with Crippen molar-refractivity contribution in [2.75, 3.05) is 39.4 Å². The quantitative estimate of drug-likeness (QED) is 0.485. The van der Waals surface area contributed by atoms with Crippen LogP contribution in [-0.2, 0) is 25.7 Å². The predicted octanol–water partition coefficient (Wildman–Crippen LogP) is 3.90. The number of carbonyl (C=O) groups is 2. The molecule has 1 atom stereocenters. The van der Waals surface area contributed by atoms with E-state index in [1.54, 1.807) is 11.3 Å². The van der Waals surface area contributed by atoms with Gasteiger partial charge in [0.2, 0.25) is 5.91 Å². The molecule has 8 nitrogen and oxygen atoms in total. The molecule has 194 valence electrons. The number of thiophene rings is 1. The first kappa shape index (κ1) is 25.7. The molecule has 0 aliphatic carbocycles. The highest BCUT2D eigenvalue weighted by molar-refractivity contribution is 8.16. The number of carbonyl (C=O) groups excluding carboxylic acids is 2. The lowest BCUT2D eigenvalue weighted by atomic mass is 9.99. The SMILES string of the molecule is CC1=C(C(=O)OCc2ccccc2)C(c2cccs2)N2C(CC(=O)NCCN3CCOCC3)=CSC2=N1. The van der Waals surface area contributed by atoms with Crippen molar-refractivity contribution in [1.29, 1.82) is 0 Å². The number of rotatable bonds is 9. The molecule has 1 N–H and O–H groups in total. The minimum absolute atomic E-state index is 0.0502. The third kappa shape index (κ3) is 6.15. The fourth-order valence-electron chi connectivity index (χ4n) is 4.55. The second kappa shape index (κ2) is 12.1. The van der Waals surface area contributed by atoms with Crippen molar-refractivity contribution in [1.82, 2.24) is 15.1 Å². The zero-order chi connectivity index (χ0) is 25.6. The molecule has 0 bridgehead atoms. The average molecular weight is 539 g/mol. The van der Waals surface area contributed by atoms with E-state index in [4.69, 9.17) is 14.5 Å². The van der Waals surface area contributed by atoms with Gasteiger partial charge in [0, 0.05) is 36.8 Å². The molecule has 3 aliphatic rings. The highest BCUT2D eigenvalue weighted by Crippen LogP contribution is 2.45. The number of aliphatic imine (C=N–C) groups is 1. The van der Waals surface area contributed by atoms with Gasteiger partial charge in [-0.15, -0.1) is 11.3 Å². The minimum Gasteiger partial charge on any atom is -0.457 e. The molecule has 1 fully saturated rings. The summed E-state index contributed by atoms with van der Waals surface area (Å²) in [7, 11) is 0. The molecule has 1 aromatic carbocycles. The lowest BCUT2D eigenvalue weighted by molar-refractivity contribution is -0.141. The molecular weight excluding hydrogens is 508 g/mol. The summed E-state index contributed by atoms with van der Waals surface area (Å²) in [6, 6.07) is 13.2. The van der Waals surface area contributed by atoms with E-state index in [0.29, 0.717) is 17.8 Å². The summed E-state index contributed by atoms with van der Waals surface area (Å²) in [5, 5.41) is 7.77. The van der Waals surface area contributed by atoms with Gasteiger partial charge in [-0.2, -0.15) is 0 Å². The van der Waals surface area contributed by atoms with Crippen LogP contribution in [0, 0.1) is 0 Å². The van der Waals surface area contributed by atoms with Crippen molar-refractivity contribution < 1.29 is 19.1 Å². The molecule has 1 saturated heterocycles. The van der Waals surface area contributed by atoms with Gasteiger partial charge >= 0.3 is 5.97 Å². The van der Waals surface area contributed by atoms with E-state index < -0.39 is 12.0 Å². The number of nitrogens with zero attached hydrogens (tertiary/aromatic N) is 3. The van der Waals surface area contributed by atoms with E-state index in [9.17, 15) is 9.59 Å². The Morgan fingerprint density at radius 2 is 1.97 bits per heavy atom. The molecule has 2 aromatic rings. The van der Waals surface area contributed by atoms with Crippen molar-refractivity contribution in [3.05, 3.63) is 80.7 Å². The zero-order valence-corrected chi connectivity index (χ0v) is 22.4. The van der Waals surface area contributed by atoms with E-state index in [1.807, 2.05) is 65.1 Å². The molecule has 0 saturated carbocycles. The number of thioether (sulfide) groups is 1. The van der Waals surface area contributed by atoms with Crippen LogP contribution in [0.4, 0.5) is 0 Å². The zero-order valence-electron chi connectivity index (χ0n) is 20.7. The van der Waals surface area contributed by atoms with Crippen LogP contribution in [0.2, 0.25) is 0 Å². The Morgan fingerprint density at radius 1 is 1.16 bits per heavy atom. The first-order valence-electron chi connectivity index (χ1n) is 12.4. The topological polar surface area (TPSA) is 83.5 Å². The Morgan fingerprint density at radius 3 is 2.73 bits per heavy atom. The average Bonchev–Trinajstić information content (AvgIpc) is 3.58. The molecule has 5 rings (SSSR count). The minimum atomic E-state index is -0.395. The number of allylic oxidation sites excluding steroid dienone is 1. The summed E-state index contributed by atoms with van der Waals surface area (Å²) in [6.45, 7) is 6.69. The van der Waals surface area contributed by atoms with Gasteiger partial charge in [0.05, 0.1) is 30.9 Å². The normalized spacial score (nSPS) is 19.8. The summed E-state index contributed by atoms with van der Waals surface area (Å²) in [5.74, 6) is -0.445. The summed E-state index contributed by atoms with van der Waals surface area (Å²) in [4.78, 5) is 36.3. The van der Waals surface area contributed by atoms with Gasteiger partial charge in [-0.25, -0.2) is 9.79 Å². The maximum atomic E-state index is 13.4. The van der Waals surface area contributed by atoms with Crippen LogP contribution in [0.1, 0.15) is 29.8 Å². The largest absolute Gasteiger partial charge is 0.457 e. The lowest BCUT2D eigenvalue weighted by Crippen LogP contribution is -2.42. The molecule has 0 spiro atoms. The second-order valence-corrected chi connectivity index (χ2v) is 10.8. The van der Waals surface area contributed by atoms with Gasteiger partial charge in [-0.1, -0.05) is 48.2 Å². The van der Waals surface area contributed by atoms with E-state index in [1.165, 1.54) is 11.8 Å². The summed E-state index contributed by atoms with van der Waals surface area (Å²) < 4.78 is 11.1. The molecule has 1 aromatic heterocycles. The number of ether oxygens (including phenoxy) is 2. The third-order valence-corrected chi connectivity index (χ3v) is 8.26. The first-order valence-corrected chi connectivity index (χ1v) is 14.1. The van der Waals surface area contributed by atoms with Crippen molar-refractivity contribution >= 4 is 40.1 Å². The maximum Gasteiger partial charge on any atom is 0.338 e. The molecular formula is C27H30N4O4S2. The first-order chi connectivity index (χ1) is 18.1. The molecule has 1 unspecified atom stereocenters. The predicted molar refractivity (Wildman–Crippen MR) is 146 cm³/mol. The number of hydrogen-bond donors (Lipinski definition) is 1. The Labute approximate surface area is 225 Å². The highest BCUT2D eigenvalue weighted by Gasteiger charge is 2.41. The Bertz CT molecular complexity index is 1200. The Balaban J connectivity index is 1.29. The van der Waals surface area contributed by atoms with Crippen LogP contribution < -0.4 is 5.32 Å². The monoisotopic (exact) mass is 538 g/mol. The number of amides is 1. The molecule has 0 radical (unpaired) electrons. The van der Waals surface area contributed by atoms with Crippen molar-refractivity contribution in [2.45, 2.75) is 26.0 Å². The number of fused-ring (bicyclic) bond motifs is 1. The van der Waals surface area contributed by atoms with Crippen LogP contribution in [0.15, 0.2) is 75.2 Å². The van der Waals surface area contributed by atoms with Crippen LogP contribution >= 0.6 is 23.1 Å². The van der Waals surface area contributed by atoms with Gasteiger partial charge in [0.25, 0.3) is 0 Å². The molecule has 3 aliphatic heterocycles. The lowest BCUT2D eigenvalue weighted by Gasteiger charge is -2.35. The van der Waals surface area contributed by atoms with Crippen LogP contribution in [-0.4, -0.2) is 66.2 Å². The third-order valence-electron chi connectivity index (χ3n) is 6.44. The van der Waals surface area contributed by atoms with Crippen molar-refractivity contribution in [3.63, 3.8) is 0 Å². The summed E-state index contributed by atoms with van der Waals surface area (Å²) in [6.07, 6.45) is 0.211. The molecule has 10 heteroatoms. The smallest absolute Gasteiger partial charge is 0.338 e. The fraction of sp³-hybridized carbons (Fsp3) is 0.370. The van der Waals surface area contributed by atoms with Crippen LogP contribution in [0.3, 0.4) is 0 Å². The van der Waals surface area contributed by atoms with Gasteiger partial charge in [0.1, 0.15) is 12.6 Å². The van der Waals surface area contributed by atoms with Crippen molar-refractivity contribution in [3.8, 4) is 0 Å². The van der Waals surface area contributed by atoms with Gasteiger partial charge in [-0.05, 0) is 29.3 Å². The number of nitrogens with one attached hydrogen (secondary N) is 1. The van der Waals surface area contributed by atoms with E-state index in [-0.39, 0.29) is 18.9 Å². The van der Waals surface area contributed by atoms with Gasteiger partial charge in [-0.3, -0.25) is 9.69 Å². The Hall–Kier alpha value is -2.92. The maximum absolute atomic E-state index is 13.4. The second-order valence-electron chi connectivity index (χ2n) is 8.95. The van der Waals surface area contributed by atoms with Gasteiger partial charge < -0.3 is 19.7 Å². The Kier molecular flexibility index (Phi) is 8.40. The highest BCUT2D eigenvalue weighted by atomic mass is 32.2. The van der Waals surface area contributed by atoms with E-state index in [2.05, 4.69) is 10.2 Å². The number of hydrogen-bond acceptors (Lipinski definition) is 9. The van der Waals surface area contributed by atoms with Crippen LogP contribution in [0.5, 0.6) is 0 Å². The van der Waals surface area contributed by atoms with E-state index >= 15 is 0 Å². The van der Waals surface area contributed by atoms with Crippen LogP contribution in [0.25, 0.3) is 0 Å². The number of benzene rings is 1. The number of amidine groups is 1. The molecule has 1 amide bonds. The summed E-state index contributed by atoms with van der Waals surface area (Å²) in [5.41, 5.74) is 2.89. The molecule has 37 heavy (non-hydrogen) atoms. The molecule has 4 heterocycles. The van der Waals surface area contributed by atoms with Gasteiger partial charge in [0.15, 0.2) is 5.17 Å².